The number of carbonyl (C=O) groups is 1. The molecule has 1 rings (SSSR count). The van der Waals surface area contributed by atoms with Crippen molar-refractivity contribution in [1.82, 2.24) is 9.88 Å². The molecule has 108 valence electrons. The molecule has 1 aromatic rings. The molecule has 4 nitrogen and oxygen atoms in total. The molecule has 0 aliphatic carbocycles. The van der Waals surface area contributed by atoms with Crippen molar-refractivity contribution in [3.8, 4) is 0 Å². The van der Waals surface area contributed by atoms with Gasteiger partial charge in [0.25, 0.3) is 5.91 Å². The van der Waals surface area contributed by atoms with Gasteiger partial charge in [-0.05, 0) is 24.8 Å². The fraction of sp³-hybridized carbons (Fsp3) is 0.643. The first-order chi connectivity index (χ1) is 8.93. The summed E-state index contributed by atoms with van der Waals surface area (Å²) < 4.78 is 1.84. The SMILES string of the molecule is CCCn1cc(Cl)cc1C(=O)NCC(O)CC(C)C. The van der Waals surface area contributed by atoms with E-state index in [-0.39, 0.29) is 12.5 Å². The van der Waals surface area contributed by atoms with Gasteiger partial charge < -0.3 is 15.0 Å². The molecule has 0 aliphatic rings. The second-order valence-electron chi connectivity index (χ2n) is 5.23. The van der Waals surface area contributed by atoms with Crippen molar-refractivity contribution < 1.29 is 9.90 Å². The molecule has 0 radical (unpaired) electrons. The standard InChI is InChI=1S/C14H23ClN2O2/c1-4-5-17-9-11(15)7-13(17)14(19)16-8-12(18)6-10(2)3/h7,9-10,12,18H,4-6,8H2,1-3H3,(H,16,19). The van der Waals surface area contributed by atoms with Crippen molar-refractivity contribution in [2.75, 3.05) is 6.54 Å². The summed E-state index contributed by atoms with van der Waals surface area (Å²) in [7, 11) is 0. The topological polar surface area (TPSA) is 54.3 Å². The van der Waals surface area contributed by atoms with E-state index in [2.05, 4.69) is 5.32 Å². The number of carbonyl (C=O) groups excluding carboxylic acids is 1. The molecule has 0 spiro atoms. The van der Waals surface area contributed by atoms with E-state index < -0.39 is 6.10 Å². The highest BCUT2D eigenvalue weighted by molar-refractivity contribution is 6.31. The summed E-state index contributed by atoms with van der Waals surface area (Å²) in [6, 6.07) is 1.65. The zero-order valence-corrected chi connectivity index (χ0v) is 12.6. The van der Waals surface area contributed by atoms with E-state index in [9.17, 15) is 9.90 Å². The zero-order chi connectivity index (χ0) is 14.4. The van der Waals surface area contributed by atoms with Crippen molar-refractivity contribution in [2.45, 2.75) is 46.3 Å². The van der Waals surface area contributed by atoms with Crippen LogP contribution in [0.15, 0.2) is 12.3 Å². The maximum absolute atomic E-state index is 12.0. The lowest BCUT2D eigenvalue weighted by Crippen LogP contribution is -2.33. The molecule has 0 aromatic carbocycles. The summed E-state index contributed by atoms with van der Waals surface area (Å²) in [5, 5.41) is 13.1. The zero-order valence-electron chi connectivity index (χ0n) is 11.8. The first kappa shape index (κ1) is 16.1. The predicted molar refractivity (Wildman–Crippen MR) is 77.5 cm³/mol. The van der Waals surface area contributed by atoms with Crippen molar-refractivity contribution in [3.05, 3.63) is 23.0 Å². The largest absolute Gasteiger partial charge is 0.391 e. The Morgan fingerprint density at radius 2 is 2.21 bits per heavy atom. The van der Waals surface area contributed by atoms with Crippen LogP contribution in [0.25, 0.3) is 0 Å². The number of amides is 1. The summed E-state index contributed by atoms with van der Waals surface area (Å²) in [4.78, 5) is 12.0. The van der Waals surface area contributed by atoms with Crippen LogP contribution in [0.1, 0.15) is 44.1 Å². The fourth-order valence-corrected chi connectivity index (χ4v) is 2.24. The van der Waals surface area contributed by atoms with Crippen molar-refractivity contribution in [3.63, 3.8) is 0 Å². The van der Waals surface area contributed by atoms with Gasteiger partial charge in [-0.2, -0.15) is 0 Å². The average molecular weight is 287 g/mol. The van der Waals surface area contributed by atoms with E-state index in [1.165, 1.54) is 0 Å². The summed E-state index contributed by atoms with van der Waals surface area (Å²) in [6.07, 6.45) is 2.86. The number of halogens is 1. The summed E-state index contributed by atoms with van der Waals surface area (Å²) in [5.41, 5.74) is 0.545. The molecule has 2 N–H and O–H groups in total. The fourth-order valence-electron chi connectivity index (χ4n) is 2.02. The highest BCUT2D eigenvalue weighted by Crippen LogP contribution is 2.14. The van der Waals surface area contributed by atoms with Gasteiger partial charge in [-0.3, -0.25) is 4.79 Å². The third-order valence-electron chi connectivity index (χ3n) is 2.80. The first-order valence-corrected chi connectivity index (χ1v) is 7.13. The number of hydrogen-bond acceptors (Lipinski definition) is 2. The lowest BCUT2D eigenvalue weighted by atomic mass is 10.1. The Bertz CT molecular complexity index is 416. The van der Waals surface area contributed by atoms with Gasteiger partial charge in [0.1, 0.15) is 5.69 Å². The molecule has 0 aliphatic heterocycles. The minimum absolute atomic E-state index is 0.192. The number of aliphatic hydroxyl groups is 1. The molecule has 1 unspecified atom stereocenters. The second kappa shape index (κ2) is 7.56. The Balaban J connectivity index is 2.58. The summed E-state index contributed by atoms with van der Waals surface area (Å²) in [6.45, 7) is 7.15. The van der Waals surface area contributed by atoms with Crippen molar-refractivity contribution in [1.29, 1.82) is 0 Å². The molecule has 19 heavy (non-hydrogen) atoms. The van der Waals surface area contributed by atoms with Crippen LogP contribution < -0.4 is 5.32 Å². The number of nitrogens with zero attached hydrogens (tertiary/aromatic N) is 1. The number of hydrogen-bond donors (Lipinski definition) is 2. The lowest BCUT2D eigenvalue weighted by molar-refractivity contribution is 0.0891. The van der Waals surface area contributed by atoms with Gasteiger partial charge in [-0.1, -0.05) is 32.4 Å². The minimum Gasteiger partial charge on any atom is -0.391 e. The summed E-state index contributed by atoms with van der Waals surface area (Å²) >= 11 is 5.93. The maximum Gasteiger partial charge on any atom is 0.268 e. The molecular weight excluding hydrogens is 264 g/mol. The number of rotatable bonds is 7. The minimum atomic E-state index is -0.506. The Labute approximate surface area is 119 Å². The first-order valence-electron chi connectivity index (χ1n) is 6.76. The van der Waals surface area contributed by atoms with Gasteiger partial charge in [0, 0.05) is 19.3 Å². The van der Waals surface area contributed by atoms with E-state index in [0.717, 1.165) is 13.0 Å². The monoisotopic (exact) mass is 286 g/mol. The van der Waals surface area contributed by atoms with Gasteiger partial charge in [0.15, 0.2) is 0 Å². The highest BCUT2D eigenvalue weighted by atomic mass is 35.5. The Morgan fingerprint density at radius 3 is 2.79 bits per heavy atom. The van der Waals surface area contributed by atoms with Crippen molar-refractivity contribution >= 4 is 17.5 Å². The van der Waals surface area contributed by atoms with Gasteiger partial charge in [0.05, 0.1) is 11.1 Å². The lowest BCUT2D eigenvalue weighted by Gasteiger charge is -2.14. The Morgan fingerprint density at radius 1 is 1.53 bits per heavy atom. The third kappa shape index (κ3) is 5.25. The quantitative estimate of drug-likeness (QED) is 0.810. The highest BCUT2D eigenvalue weighted by Gasteiger charge is 2.14. The van der Waals surface area contributed by atoms with Gasteiger partial charge in [-0.15, -0.1) is 0 Å². The van der Waals surface area contributed by atoms with Crippen LogP contribution in [0, 0.1) is 5.92 Å². The van der Waals surface area contributed by atoms with Crippen LogP contribution in [-0.2, 0) is 6.54 Å². The number of aromatic nitrogens is 1. The van der Waals surface area contributed by atoms with Crippen LogP contribution in [0.5, 0.6) is 0 Å². The molecule has 0 saturated heterocycles. The predicted octanol–water partition coefficient (Wildman–Crippen LogP) is 2.69. The number of nitrogens with one attached hydrogen (secondary N) is 1. The molecular formula is C14H23ClN2O2. The molecule has 1 atom stereocenters. The molecule has 5 heteroatoms. The molecule has 1 heterocycles. The van der Waals surface area contributed by atoms with E-state index in [1.54, 1.807) is 12.3 Å². The number of aliphatic hydroxyl groups excluding tert-OH is 1. The normalized spacial score (nSPS) is 12.7. The van der Waals surface area contributed by atoms with Gasteiger partial charge >= 0.3 is 0 Å². The van der Waals surface area contributed by atoms with Gasteiger partial charge in [-0.25, -0.2) is 0 Å². The van der Waals surface area contributed by atoms with Crippen molar-refractivity contribution in [2.24, 2.45) is 5.92 Å². The third-order valence-corrected chi connectivity index (χ3v) is 3.01. The van der Waals surface area contributed by atoms with Crippen LogP contribution in [0.4, 0.5) is 0 Å². The Kier molecular flexibility index (Phi) is 6.38. The molecule has 1 aromatic heterocycles. The van der Waals surface area contributed by atoms with E-state index in [1.807, 2.05) is 25.3 Å². The molecule has 0 fully saturated rings. The van der Waals surface area contributed by atoms with Crippen LogP contribution in [-0.4, -0.2) is 28.2 Å². The molecule has 1 amide bonds. The number of aryl methyl sites for hydroxylation is 1. The molecule has 0 bridgehead atoms. The average Bonchev–Trinajstić information content (AvgIpc) is 2.67. The maximum atomic E-state index is 12.0. The van der Waals surface area contributed by atoms with E-state index >= 15 is 0 Å². The second-order valence-corrected chi connectivity index (χ2v) is 5.67. The van der Waals surface area contributed by atoms with Crippen LogP contribution >= 0.6 is 11.6 Å². The van der Waals surface area contributed by atoms with Crippen LogP contribution in [0.2, 0.25) is 5.02 Å². The van der Waals surface area contributed by atoms with Crippen LogP contribution in [0.3, 0.4) is 0 Å². The Hall–Kier alpha value is -1.00. The van der Waals surface area contributed by atoms with E-state index in [0.29, 0.717) is 23.1 Å². The molecule has 0 saturated carbocycles. The smallest absolute Gasteiger partial charge is 0.268 e. The summed E-state index contributed by atoms with van der Waals surface area (Å²) in [5.74, 6) is 0.216. The van der Waals surface area contributed by atoms with E-state index in [4.69, 9.17) is 11.6 Å². The van der Waals surface area contributed by atoms with Gasteiger partial charge in [0.2, 0.25) is 0 Å².